The summed E-state index contributed by atoms with van der Waals surface area (Å²) in [6.45, 7) is 4.20. The van der Waals surface area contributed by atoms with Crippen LogP contribution in [0.4, 0.5) is 0 Å². The van der Waals surface area contributed by atoms with Crippen molar-refractivity contribution in [1.82, 2.24) is 0 Å². The molecule has 0 aliphatic carbocycles. The average molecular weight is 262 g/mol. The molecule has 1 rings (SSSR count). The summed E-state index contributed by atoms with van der Waals surface area (Å²) in [5.74, 6) is 0.966. The van der Waals surface area contributed by atoms with E-state index in [0.717, 1.165) is 5.75 Å². The van der Waals surface area contributed by atoms with E-state index in [2.05, 4.69) is 48.6 Å². The normalized spacial score (nSPS) is 9.82. The van der Waals surface area contributed by atoms with Crippen LogP contribution in [0.25, 0.3) is 0 Å². The van der Waals surface area contributed by atoms with Gasteiger partial charge in [0.2, 0.25) is 0 Å². The van der Waals surface area contributed by atoms with Gasteiger partial charge in [-0.15, -0.1) is 0 Å². The van der Waals surface area contributed by atoms with E-state index in [1.165, 1.54) is 14.7 Å². The fourth-order valence-electron chi connectivity index (χ4n) is 0.911. The number of rotatable bonds is 1. The van der Waals surface area contributed by atoms with Gasteiger partial charge < -0.3 is 4.74 Å². The average Bonchev–Trinajstić information content (AvgIpc) is 1.97. The molecule has 0 bridgehead atoms. The van der Waals surface area contributed by atoms with Crippen LogP contribution in [0.5, 0.6) is 5.75 Å². The predicted molar refractivity (Wildman–Crippen MR) is 55.2 cm³/mol. The first-order valence-corrected chi connectivity index (χ1v) is 4.53. The Labute approximate surface area is 80.9 Å². The molecule has 60 valence electrons. The first kappa shape index (κ1) is 8.84. The Kier molecular flexibility index (Phi) is 2.76. The second-order valence-electron chi connectivity index (χ2n) is 2.57. The number of methoxy groups -OCH3 is 1. The lowest BCUT2D eigenvalue weighted by Gasteiger charge is -2.06. The van der Waals surface area contributed by atoms with Gasteiger partial charge in [0, 0.05) is 0 Å². The topological polar surface area (TPSA) is 9.23 Å². The number of halogens is 1. The Morgan fingerprint density at radius 1 is 1.18 bits per heavy atom. The highest BCUT2D eigenvalue weighted by molar-refractivity contribution is 14.1. The molecule has 0 aliphatic rings. The molecule has 1 nitrogen and oxygen atoms in total. The van der Waals surface area contributed by atoms with E-state index in [9.17, 15) is 0 Å². The van der Waals surface area contributed by atoms with Gasteiger partial charge in [0.25, 0.3) is 0 Å². The van der Waals surface area contributed by atoms with E-state index >= 15 is 0 Å². The molecule has 0 amide bonds. The lowest BCUT2D eigenvalue weighted by Crippen LogP contribution is -1.89. The summed E-state index contributed by atoms with van der Waals surface area (Å²) in [6, 6.07) is 4.20. The van der Waals surface area contributed by atoms with Gasteiger partial charge in [-0.2, -0.15) is 0 Å². The molecule has 0 radical (unpaired) electrons. The highest BCUT2D eigenvalue weighted by atomic mass is 127. The number of ether oxygens (including phenoxy) is 1. The summed E-state index contributed by atoms with van der Waals surface area (Å²) < 4.78 is 6.35. The maximum atomic E-state index is 5.17. The monoisotopic (exact) mass is 262 g/mol. The zero-order valence-corrected chi connectivity index (χ0v) is 9.10. The van der Waals surface area contributed by atoms with Gasteiger partial charge >= 0.3 is 0 Å². The summed E-state index contributed by atoms with van der Waals surface area (Å²) in [5, 5.41) is 0. The molecule has 2 heteroatoms. The van der Waals surface area contributed by atoms with Crippen molar-refractivity contribution in [2.24, 2.45) is 0 Å². The number of benzene rings is 1. The second-order valence-corrected chi connectivity index (χ2v) is 3.73. The van der Waals surface area contributed by atoms with Crippen molar-refractivity contribution >= 4 is 22.6 Å². The van der Waals surface area contributed by atoms with Crippen LogP contribution in [0.2, 0.25) is 0 Å². The summed E-state index contributed by atoms with van der Waals surface area (Å²) >= 11 is 2.28. The largest absolute Gasteiger partial charge is 0.496 e. The van der Waals surface area contributed by atoms with E-state index in [4.69, 9.17) is 4.74 Å². The number of hydrogen-bond donors (Lipinski definition) is 0. The summed E-state index contributed by atoms with van der Waals surface area (Å²) in [5.41, 5.74) is 2.59. The van der Waals surface area contributed by atoms with Crippen LogP contribution in [0.3, 0.4) is 0 Å². The Morgan fingerprint density at radius 2 is 1.73 bits per heavy atom. The van der Waals surface area contributed by atoms with E-state index < -0.39 is 0 Å². The third-order valence-electron chi connectivity index (χ3n) is 1.77. The molecule has 0 fully saturated rings. The SMILES string of the molecule is COc1cc(C)c(C)cc1I. The first-order chi connectivity index (χ1) is 5.15. The van der Waals surface area contributed by atoms with E-state index in [1.54, 1.807) is 7.11 Å². The van der Waals surface area contributed by atoms with Crippen molar-refractivity contribution in [2.75, 3.05) is 7.11 Å². The fourth-order valence-corrected chi connectivity index (χ4v) is 1.75. The van der Waals surface area contributed by atoms with Gasteiger partial charge in [0.1, 0.15) is 5.75 Å². The molecule has 0 aromatic heterocycles. The van der Waals surface area contributed by atoms with Gasteiger partial charge in [-0.05, 0) is 59.7 Å². The summed E-state index contributed by atoms with van der Waals surface area (Å²) in [4.78, 5) is 0. The first-order valence-electron chi connectivity index (χ1n) is 3.46. The van der Waals surface area contributed by atoms with Crippen LogP contribution in [-0.2, 0) is 0 Å². The van der Waals surface area contributed by atoms with E-state index in [-0.39, 0.29) is 0 Å². The minimum absolute atomic E-state index is 0.966. The molecule has 0 saturated heterocycles. The van der Waals surface area contributed by atoms with Gasteiger partial charge in [-0.25, -0.2) is 0 Å². The highest BCUT2D eigenvalue weighted by Crippen LogP contribution is 2.23. The molecule has 1 aromatic rings. The molecular formula is C9H11IO. The van der Waals surface area contributed by atoms with Crippen molar-refractivity contribution in [1.29, 1.82) is 0 Å². The third-order valence-corrected chi connectivity index (χ3v) is 2.61. The van der Waals surface area contributed by atoms with E-state index in [1.807, 2.05) is 0 Å². The minimum Gasteiger partial charge on any atom is -0.496 e. The molecule has 0 saturated carbocycles. The smallest absolute Gasteiger partial charge is 0.132 e. The van der Waals surface area contributed by atoms with Gasteiger partial charge in [0.05, 0.1) is 10.7 Å². The zero-order valence-electron chi connectivity index (χ0n) is 6.94. The molecule has 0 unspecified atom stereocenters. The van der Waals surface area contributed by atoms with Gasteiger partial charge in [0.15, 0.2) is 0 Å². The molecule has 0 N–H and O–H groups in total. The minimum atomic E-state index is 0.966. The number of aryl methyl sites for hydroxylation is 2. The molecule has 1 aromatic carbocycles. The molecule has 11 heavy (non-hydrogen) atoms. The number of hydrogen-bond acceptors (Lipinski definition) is 1. The lowest BCUT2D eigenvalue weighted by molar-refractivity contribution is 0.411. The summed E-state index contributed by atoms with van der Waals surface area (Å²) in [6.07, 6.45) is 0. The Bertz CT molecular complexity index is 269. The lowest BCUT2D eigenvalue weighted by atomic mass is 10.1. The van der Waals surface area contributed by atoms with Crippen molar-refractivity contribution < 1.29 is 4.74 Å². The standard InChI is InChI=1S/C9H11IO/c1-6-4-8(10)9(11-3)5-7(6)2/h4-5H,1-3H3. The van der Waals surface area contributed by atoms with Crippen molar-refractivity contribution in [3.05, 3.63) is 26.8 Å². The van der Waals surface area contributed by atoms with Crippen molar-refractivity contribution in [2.45, 2.75) is 13.8 Å². The molecule has 0 aliphatic heterocycles. The van der Waals surface area contributed by atoms with Gasteiger partial charge in [-0.3, -0.25) is 0 Å². The third kappa shape index (κ3) is 1.86. The zero-order chi connectivity index (χ0) is 8.43. The quantitative estimate of drug-likeness (QED) is 0.707. The molecule has 0 atom stereocenters. The molecule has 0 heterocycles. The molecule has 0 spiro atoms. The van der Waals surface area contributed by atoms with E-state index in [0.29, 0.717) is 0 Å². The van der Waals surface area contributed by atoms with Crippen LogP contribution in [-0.4, -0.2) is 7.11 Å². The van der Waals surface area contributed by atoms with Crippen LogP contribution < -0.4 is 4.74 Å². The van der Waals surface area contributed by atoms with Crippen molar-refractivity contribution in [3.63, 3.8) is 0 Å². The maximum absolute atomic E-state index is 5.17. The van der Waals surface area contributed by atoms with Gasteiger partial charge in [-0.1, -0.05) is 0 Å². The van der Waals surface area contributed by atoms with Crippen molar-refractivity contribution in [3.8, 4) is 5.75 Å². The Morgan fingerprint density at radius 3 is 2.27 bits per heavy atom. The Balaban J connectivity index is 3.21. The molecular weight excluding hydrogens is 251 g/mol. The van der Waals surface area contributed by atoms with Crippen LogP contribution in [0.15, 0.2) is 12.1 Å². The van der Waals surface area contributed by atoms with Crippen LogP contribution in [0.1, 0.15) is 11.1 Å². The predicted octanol–water partition coefficient (Wildman–Crippen LogP) is 2.92. The summed E-state index contributed by atoms with van der Waals surface area (Å²) in [7, 11) is 1.70. The maximum Gasteiger partial charge on any atom is 0.132 e. The van der Waals surface area contributed by atoms with Crippen LogP contribution in [0, 0.1) is 17.4 Å². The van der Waals surface area contributed by atoms with Crippen LogP contribution >= 0.6 is 22.6 Å². The second kappa shape index (κ2) is 3.43. The fraction of sp³-hybridized carbons (Fsp3) is 0.333. The Hall–Kier alpha value is -0.250. The highest BCUT2D eigenvalue weighted by Gasteiger charge is 2.01.